The summed E-state index contributed by atoms with van der Waals surface area (Å²) in [5.74, 6) is 0.544. The Morgan fingerprint density at radius 1 is 0.542 bits per heavy atom. The third-order valence-electron chi connectivity index (χ3n) is 9.87. The normalized spacial score (nSPS) is 12.1. The molecule has 6 nitrogen and oxygen atoms in total. The van der Waals surface area contributed by atoms with E-state index in [2.05, 4.69) is 105 Å². The number of rotatable bonds is 2. The number of pyridine rings is 1. The van der Waals surface area contributed by atoms with Crippen LogP contribution in [0, 0.1) is 6.57 Å². The van der Waals surface area contributed by atoms with Crippen molar-refractivity contribution in [1.82, 2.24) is 23.9 Å². The molecule has 0 amide bonds. The van der Waals surface area contributed by atoms with Crippen molar-refractivity contribution in [2.75, 3.05) is 0 Å². The fourth-order valence-corrected chi connectivity index (χ4v) is 7.89. The van der Waals surface area contributed by atoms with Crippen molar-refractivity contribution in [3.05, 3.63) is 145 Å². The van der Waals surface area contributed by atoms with E-state index < -0.39 is 0 Å². The third-order valence-corrected chi connectivity index (χ3v) is 9.87. The third kappa shape index (κ3) is 3.22. The van der Waals surface area contributed by atoms with Crippen molar-refractivity contribution in [3.8, 4) is 17.2 Å². The van der Waals surface area contributed by atoms with Gasteiger partial charge in [0.15, 0.2) is 11.3 Å². The summed E-state index contributed by atoms with van der Waals surface area (Å²) in [6.07, 6.45) is 1.77. The SMILES string of the molecule is [C-]#[N+]c1cccc(-c2nc(-n3c4cc5ccccc5cc4c4cc5c6ccccc6n6c7ccccc7c(c43)c56)nc3ncccc23)c1. The fraction of sp³-hybridized carbons (Fsp3) is 0. The first-order valence-electron chi connectivity index (χ1n) is 15.9. The van der Waals surface area contributed by atoms with Crippen LogP contribution in [0.15, 0.2) is 134 Å². The van der Waals surface area contributed by atoms with E-state index in [9.17, 15) is 0 Å². The second-order valence-electron chi connectivity index (χ2n) is 12.4. The van der Waals surface area contributed by atoms with Gasteiger partial charge in [-0.15, -0.1) is 0 Å². The van der Waals surface area contributed by atoms with Crippen molar-refractivity contribution >= 4 is 87.4 Å². The molecule has 0 unspecified atom stereocenters. The molecule has 0 aliphatic rings. The van der Waals surface area contributed by atoms with Gasteiger partial charge in [0, 0.05) is 43.9 Å². The van der Waals surface area contributed by atoms with Gasteiger partial charge in [0.1, 0.15) is 0 Å². The van der Waals surface area contributed by atoms with Crippen LogP contribution in [0.1, 0.15) is 0 Å². The fourth-order valence-electron chi connectivity index (χ4n) is 7.89. The van der Waals surface area contributed by atoms with Crippen molar-refractivity contribution < 1.29 is 0 Å². The summed E-state index contributed by atoms with van der Waals surface area (Å²) in [4.78, 5) is 18.9. The highest BCUT2D eigenvalue weighted by atomic mass is 15.2. The molecule has 48 heavy (non-hydrogen) atoms. The minimum absolute atomic E-state index is 0.544. The molecule has 0 aliphatic heterocycles. The molecule has 0 bridgehead atoms. The van der Waals surface area contributed by atoms with E-state index in [0.29, 0.717) is 17.3 Å². The van der Waals surface area contributed by atoms with Crippen LogP contribution in [0.2, 0.25) is 0 Å². The van der Waals surface area contributed by atoms with Gasteiger partial charge in [-0.05, 0) is 64.9 Å². The zero-order chi connectivity index (χ0) is 31.5. The highest BCUT2D eigenvalue weighted by Crippen LogP contribution is 2.47. The lowest BCUT2D eigenvalue weighted by molar-refractivity contribution is 1.01. The molecule has 0 fully saturated rings. The van der Waals surface area contributed by atoms with Gasteiger partial charge in [-0.25, -0.2) is 14.8 Å². The Balaban J connectivity index is 1.40. The number of benzene rings is 6. The lowest BCUT2D eigenvalue weighted by Crippen LogP contribution is -2.04. The zero-order valence-corrected chi connectivity index (χ0v) is 25.4. The van der Waals surface area contributed by atoms with Gasteiger partial charge in [0.2, 0.25) is 5.95 Å². The molecule has 6 aromatic carbocycles. The molecule has 0 radical (unpaired) electrons. The molecule has 0 saturated carbocycles. The average Bonchev–Trinajstić information content (AvgIpc) is 3.77. The van der Waals surface area contributed by atoms with Crippen LogP contribution in [0.3, 0.4) is 0 Å². The number of fused-ring (bicyclic) bond motifs is 12. The van der Waals surface area contributed by atoms with Gasteiger partial charge in [0.05, 0.1) is 39.8 Å². The van der Waals surface area contributed by atoms with Gasteiger partial charge < -0.3 is 4.40 Å². The molecule has 11 rings (SSSR count). The second-order valence-corrected chi connectivity index (χ2v) is 12.4. The van der Waals surface area contributed by atoms with E-state index >= 15 is 0 Å². The lowest BCUT2D eigenvalue weighted by atomic mass is 10.0. The molecule has 0 saturated heterocycles. The standard InChI is InChI=1S/C42H22N6/c1-43-27-13-8-12-26(20-27)38-30-16-9-19-44-41(30)46-42(45-38)48-36-22-25-11-3-2-10-24(25)21-31(36)33-23-32-28-14-4-6-17-34(28)47-35-18-7-5-15-29(35)37(39(32)47)40(33)48/h2-23H. The Morgan fingerprint density at radius 2 is 1.27 bits per heavy atom. The highest BCUT2D eigenvalue weighted by molar-refractivity contribution is 6.34. The van der Waals surface area contributed by atoms with Crippen LogP contribution in [-0.2, 0) is 0 Å². The molecule has 0 spiro atoms. The van der Waals surface area contributed by atoms with Crippen molar-refractivity contribution in [3.63, 3.8) is 0 Å². The number of aromatic nitrogens is 5. The molecule has 0 atom stereocenters. The Hall–Kier alpha value is -6.84. The Bertz CT molecular complexity index is 3200. The molecule has 6 heteroatoms. The summed E-state index contributed by atoms with van der Waals surface area (Å²) in [5, 5.41) is 10.3. The van der Waals surface area contributed by atoms with Gasteiger partial charge >= 0.3 is 0 Å². The molecular formula is C42H22N6. The summed E-state index contributed by atoms with van der Waals surface area (Å²) >= 11 is 0. The maximum atomic E-state index is 7.66. The minimum Gasteiger partial charge on any atom is -0.308 e. The maximum Gasteiger partial charge on any atom is 0.237 e. The largest absolute Gasteiger partial charge is 0.308 e. The Labute approximate surface area is 272 Å². The van der Waals surface area contributed by atoms with E-state index in [1.807, 2.05) is 36.4 Å². The second kappa shape index (κ2) is 9.12. The van der Waals surface area contributed by atoms with Crippen LogP contribution in [-0.4, -0.2) is 23.9 Å². The smallest absolute Gasteiger partial charge is 0.237 e. The van der Waals surface area contributed by atoms with Crippen molar-refractivity contribution in [2.24, 2.45) is 0 Å². The van der Waals surface area contributed by atoms with E-state index in [1.165, 1.54) is 43.5 Å². The van der Waals surface area contributed by atoms with Gasteiger partial charge in [0.25, 0.3) is 0 Å². The molecule has 5 aromatic heterocycles. The molecule has 220 valence electrons. The Kier molecular flexibility index (Phi) is 4.82. The lowest BCUT2D eigenvalue weighted by Gasteiger charge is -2.12. The monoisotopic (exact) mass is 610 g/mol. The molecule has 0 N–H and O–H groups in total. The molecule has 5 heterocycles. The maximum absolute atomic E-state index is 7.66. The molecule has 11 aromatic rings. The van der Waals surface area contributed by atoms with Crippen LogP contribution in [0.4, 0.5) is 5.69 Å². The summed E-state index contributed by atoms with van der Waals surface area (Å²) in [5.41, 5.74) is 8.43. The molecule has 0 aliphatic carbocycles. The predicted molar refractivity (Wildman–Crippen MR) is 196 cm³/mol. The quantitative estimate of drug-likeness (QED) is 0.183. The topological polar surface area (TPSA) is 52.4 Å². The van der Waals surface area contributed by atoms with Crippen molar-refractivity contribution in [2.45, 2.75) is 0 Å². The Morgan fingerprint density at radius 3 is 2.12 bits per heavy atom. The van der Waals surface area contributed by atoms with Crippen LogP contribution < -0.4 is 0 Å². The van der Waals surface area contributed by atoms with Crippen LogP contribution >= 0.6 is 0 Å². The van der Waals surface area contributed by atoms with E-state index in [1.54, 1.807) is 6.20 Å². The highest BCUT2D eigenvalue weighted by Gasteiger charge is 2.26. The number of nitrogens with zero attached hydrogens (tertiary/aromatic N) is 6. The summed E-state index contributed by atoms with van der Waals surface area (Å²) < 4.78 is 4.66. The van der Waals surface area contributed by atoms with Gasteiger partial charge in [-0.3, -0.25) is 4.57 Å². The van der Waals surface area contributed by atoms with Gasteiger partial charge in [-0.1, -0.05) is 78.9 Å². The zero-order valence-electron chi connectivity index (χ0n) is 25.4. The van der Waals surface area contributed by atoms with Crippen LogP contribution in [0.5, 0.6) is 0 Å². The number of hydrogen-bond acceptors (Lipinski definition) is 3. The average molecular weight is 611 g/mol. The van der Waals surface area contributed by atoms with E-state index in [4.69, 9.17) is 21.5 Å². The van der Waals surface area contributed by atoms with Crippen LogP contribution in [0.25, 0.3) is 104 Å². The van der Waals surface area contributed by atoms with Crippen molar-refractivity contribution in [1.29, 1.82) is 0 Å². The minimum atomic E-state index is 0.544. The predicted octanol–water partition coefficient (Wildman–Crippen LogP) is 10.6. The summed E-state index contributed by atoms with van der Waals surface area (Å²) in [6.45, 7) is 7.66. The summed E-state index contributed by atoms with van der Waals surface area (Å²) in [6, 6.07) is 44.4. The summed E-state index contributed by atoms with van der Waals surface area (Å²) in [7, 11) is 0. The number of hydrogen-bond donors (Lipinski definition) is 0. The first-order chi connectivity index (χ1) is 23.8. The van der Waals surface area contributed by atoms with E-state index in [0.717, 1.165) is 43.8 Å². The molecular weight excluding hydrogens is 589 g/mol. The first-order valence-corrected chi connectivity index (χ1v) is 15.9. The van der Waals surface area contributed by atoms with E-state index in [-0.39, 0.29) is 0 Å². The first kappa shape index (κ1) is 25.4. The van der Waals surface area contributed by atoms with Gasteiger partial charge in [-0.2, -0.15) is 4.98 Å². The number of para-hydroxylation sites is 2.